The van der Waals surface area contributed by atoms with Crippen molar-refractivity contribution < 1.29 is 13.2 Å². The summed E-state index contributed by atoms with van der Waals surface area (Å²) < 4.78 is 35.6. The van der Waals surface area contributed by atoms with Crippen molar-refractivity contribution in [3.8, 4) is 0 Å². The Hall–Kier alpha value is -0.290. The standard InChI is InChI=1S/C9H19F3N2/c1-3-14-8(2,7-13)5-4-6-9(10,11)12/h14H,3-7,13H2,1-2H3. The summed E-state index contributed by atoms with van der Waals surface area (Å²) in [6.07, 6.45) is -4.20. The number of nitrogens with two attached hydrogens (primary N) is 1. The summed E-state index contributed by atoms with van der Waals surface area (Å²) in [4.78, 5) is 0. The molecular weight excluding hydrogens is 193 g/mol. The molecule has 0 bridgehead atoms. The van der Waals surface area contributed by atoms with E-state index in [9.17, 15) is 13.2 Å². The number of likely N-dealkylation sites (N-methyl/N-ethyl adjacent to an activating group) is 1. The minimum Gasteiger partial charge on any atom is -0.329 e. The summed E-state index contributed by atoms with van der Waals surface area (Å²) in [5.74, 6) is 0. The highest BCUT2D eigenvalue weighted by Crippen LogP contribution is 2.24. The highest BCUT2D eigenvalue weighted by atomic mass is 19.4. The molecule has 0 fully saturated rings. The Balaban J connectivity index is 3.84. The molecule has 0 aliphatic heterocycles. The molecule has 5 heteroatoms. The monoisotopic (exact) mass is 212 g/mol. The largest absolute Gasteiger partial charge is 0.389 e. The Labute approximate surface area is 83.0 Å². The molecular formula is C9H19F3N2. The van der Waals surface area contributed by atoms with Gasteiger partial charge < -0.3 is 11.1 Å². The number of hydrogen-bond acceptors (Lipinski definition) is 2. The van der Waals surface area contributed by atoms with Gasteiger partial charge in [-0.1, -0.05) is 6.92 Å². The van der Waals surface area contributed by atoms with E-state index >= 15 is 0 Å². The minimum atomic E-state index is -4.05. The maximum absolute atomic E-state index is 11.9. The number of alkyl halides is 3. The molecule has 0 radical (unpaired) electrons. The van der Waals surface area contributed by atoms with Gasteiger partial charge in [0, 0.05) is 18.5 Å². The van der Waals surface area contributed by atoms with Crippen LogP contribution in [0.2, 0.25) is 0 Å². The summed E-state index contributed by atoms with van der Waals surface area (Å²) in [5, 5.41) is 3.10. The van der Waals surface area contributed by atoms with Crippen molar-refractivity contribution in [3.05, 3.63) is 0 Å². The summed E-state index contributed by atoms with van der Waals surface area (Å²) in [5.41, 5.74) is 5.14. The van der Waals surface area contributed by atoms with E-state index < -0.39 is 12.6 Å². The van der Waals surface area contributed by atoms with Crippen molar-refractivity contribution in [2.45, 2.75) is 44.8 Å². The number of nitrogens with one attached hydrogen (secondary N) is 1. The van der Waals surface area contributed by atoms with Crippen LogP contribution in [0.15, 0.2) is 0 Å². The Morgan fingerprint density at radius 3 is 2.14 bits per heavy atom. The molecule has 0 rings (SSSR count). The SMILES string of the molecule is CCNC(C)(CN)CCCC(F)(F)F. The molecule has 86 valence electrons. The fourth-order valence-electron chi connectivity index (χ4n) is 1.37. The molecule has 2 nitrogen and oxygen atoms in total. The van der Waals surface area contributed by atoms with Crippen molar-refractivity contribution in [2.24, 2.45) is 5.73 Å². The van der Waals surface area contributed by atoms with E-state index in [1.54, 1.807) is 0 Å². The summed E-state index contributed by atoms with van der Waals surface area (Å²) in [6.45, 7) is 4.85. The highest BCUT2D eigenvalue weighted by molar-refractivity contribution is 4.83. The predicted octanol–water partition coefficient (Wildman–Crippen LogP) is 2.05. The van der Waals surface area contributed by atoms with Crippen molar-refractivity contribution in [1.29, 1.82) is 0 Å². The summed E-state index contributed by atoms with van der Waals surface area (Å²) in [6, 6.07) is 0. The second-order valence-electron chi connectivity index (χ2n) is 3.76. The van der Waals surface area contributed by atoms with E-state index in [4.69, 9.17) is 5.73 Å². The Morgan fingerprint density at radius 1 is 1.21 bits per heavy atom. The molecule has 0 saturated heterocycles. The van der Waals surface area contributed by atoms with Gasteiger partial charge >= 0.3 is 6.18 Å². The Bertz CT molecular complexity index is 159. The first-order valence-electron chi connectivity index (χ1n) is 4.85. The van der Waals surface area contributed by atoms with Gasteiger partial charge in [-0.3, -0.25) is 0 Å². The number of hydrogen-bond donors (Lipinski definition) is 2. The van der Waals surface area contributed by atoms with Gasteiger partial charge in [-0.2, -0.15) is 13.2 Å². The van der Waals surface area contributed by atoms with Crippen molar-refractivity contribution in [1.82, 2.24) is 5.32 Å². The fourth-order valence-corrected chi connectivity index (χ4v) is 1.37. The maximum atomic E-state index is 11.9. The Morgan fingerprint density at radius 2 is 1.79 bits per heavy atom. The molecule has 1 unspecified atom stereocenters. The zero-order valence-corrected chi connectivity index (χ0v) is 8.75. The van der Waals surface area contributed by atoms with Crippen LogP contribution in [0.1, 0.15) is 33.1 Å². The molecule has 1 atom stereocenters. The van der Waals surface area contributed by atoms with Crippen LogP contribution in [-0.4, -0.2) is 24.8 Å². The van der Waals surface area contributed by atoms with Crippen LogP contribution in [0.5, 0.6) is 0 Å². The van der Waals surface area contributed by atoms with Gasteiger partial charge in [-0.15, -0.1) is 0 Å². The smallest absolute Gasteiger partial charge is 0.329 e. The minimum absolute atomic E-state index is 0.129. The van der Waals surface area contributed by atoms with Gasteiger partial charge in [-0.25, -0.2) is 0 Å². The van der Waals surface area contributed by atoms with E-state index in [2.05, 4.69) is 5.32 Å². The first-order valence-corrected chi connectivity index (χ1v) is 4.85. The Kier molecular flexibility index (Phi) is 5.44. The lowest BCUT2D eigenvalue weighted by Gasteiger charge is -2.29. The van der Waals surface area contributed by atoms with Crippen molar-refractivity contribution in [3.63, 3.8) is 0 Å². The molecule has 0 aromatic rings. The van der Waals surface area contributed by atoms with Crippen molar-refractivity contribution >= 4 is 0 Å². The van der Waals surface area contributed by atoms with Crippen LogP contribution in [0.25, 0.3) is 0 Å². The van der Waals surface area contributed by atoms with E-state index in [-0.39, 0.29) is 12.0 Å². The van der Waals surface area contributed by atoms with Gasteiger partial charge in [0.25, 0.3) is 0 Å². The normalized spacial score (nSPS) is 16.7. The predicted molar refractivity (Wildman–Crippen MR) is 51.0 cm³/mol. The average molecular weight is 212 g/mol. The second-order valence-corrected chi connectivity index (χ2v) is 3.76. The van der Waals surface area contributed by atoms with Crippen LogP contribution >= 0.6 is 0 Å². The number of halogens is 3. The van der Waals surface area contributed by atoms with Gasteiger partial charge in [-0.05, 0) is 26.3 Å². The fraction of sp³-hybridized carbons (Fsp3) is 1.00. The zero-order valence-electron chi connectivity index (χ0n) is 8.75. The van der Waals surface area contributed by atoms with E-state index in [1.807, 2.05) is 13.8 Å². The first-order chi connectivity index (χ1) is 6.33. The number of rotatable bonds is 6. The molecule has 0 aromatic carbocycles. The van der Waals surface area contributed by atoms with E-state index in [0.29, 0.717) is 13.0 Å². The van der Waals surface area contributed by atoms with Crippen LogP contribution in [-0.2, 0) is 0 Å². The molecule has 0 spiro atoms. The molecule has 0 aromatic heterocycles. The van der Waals surface area contributed by atoms with Crippen LogP contribution < -0.4 is 11.1 Å². The third-order valence-corrected chi connectivity index (χ3v) is 2.24. The molecule has 0 saturated carbocycles. The summed E-state index contributed by atoms with van der Waals surface area (Å²) in [7, 11) is 0. The van der Waals surface area contributed by atoms with Gasteiger partial charge in [0.2, 0.25) is 0 Å². The lowest BCUT2D eigenvalue weighted by Crippen LogP contribution is -2.48. The lowest BCUT2D eigenvalue weighted by molar-refractivity contribution is -0.136. The third-order valence-electron chi connectivity index (χ3n) is 2.24. The molecule has 0 aliphatic rings. The average Bonchev–Trinajstić information content (AvgIpc) is 2.02. The molecule has 3 N–H and O–H groups in total. The van der Waals surface area contributed by atoms with E-state index in [0.717, 1.165) is 6.54 Å². The summed E-state index contributed by atoms with van der Waals surface area (Å²) >= 11 is 0. The highest BCUT2D eigenvalue weighted by Gasteiger charge is 2.28. The van der Waals surface area contributed by atoms with Crippen LogP contribution in [0.3, 0.4) is 0 Å². The topological polar surface area (TPSA) is 38.0 Å². The van der Waals surface area contributed by atoms with Gasteiger partial charge in [0.1, 0.15) is 0 Å². The van der Waals surface area contributed by atoms with Gasteiger partial charge in [0.15, 0.2) is 0 Å². The van der Waals surface area contributed by atoms with E-state index in [1.165, 1.54) is 0 Å². The molecule has 14 heavy (non-hydrogen) atoms. The van der Waals surface area contributed by atoms with Gasteiger partial charge in [0.05, 0.1) is 0 Å². The van der Waals surface area contributed by atoms with Crippen LogP contribution in [0, 0.1) is 0 Å². The van der Waals surface area contributed by atoms with Crippen molar-refractivity contribution in [2.75, 3.05) is 13.1 Å². The quantitative estimate of drug-likeness (QED) is 0.707. The second kappa shape index (κ2) is 5.56. The molecule has 0 aliphatic carbocycles. The maximum Gasteiger partial charge on any atom is 0.389 e. The first kappa shape index (κ1) is 13.7. The molecule has 0 amide bonds. The third kappa shape index (κ3) is 6.21. The zero-order chi connectivity index (χ0) is 11.2. The molecule has 0 heterocycles. The van der Waals surface area contributed by atoms with Crippen LogP contribution in [0.4, 0.5) is 13.2 Å². The lowest BCUT2D eigenvalue weighted by atomic mass is 9.95.